The minimum absolute atomic E-state index is 0.312. The first-order chi connectivity index (χ1) is 7.04. The molecule has 15 heavy (non-hydrogen) atoms. The van der Waals surface area contributed by atoms with Crippen LogP contribution in [-0.4, -0.2) is 6.61 Å². The first-order valence-electron chi connectivity index (χ1n) is 3.84. The summed E-state index contributed by atoms with van der Waals surface area (Å²) in [5, 5.41) is 8.28. The molecule has 0 bridgehead atoms. The zero-order valence-corrected chi connectivity index (χ0v) is 7.31. The van der Waals surface area contributed by atoms with E-state index in [2.05, 4.69) is 4.74 Å². The molecule has 0 unspecified atom stereocenters. The van der Waals surface area contributed by atoms with Crippen molar-refractivity contribution >= 4 is 0 Å². The number of nitriles is 1. The Balaban J connectivity index is 3.11. The Morgan fingerprint density at radius 1 is 1.33 bits per heavy atom. The molecule has 0 radical (unpaired) electrons. The van der Waals surface area contributed by atoms with Crippen molar-refractivity contribution in [2.45, 2.75) is 13.0 Å². The number of hydrogen-bond donors (Lipinski definition) is 0. The molecule has 1 aromatic carbocycles. The Morgan fingerprint density at radius 3 is 2.53 bits per heavy atom. The lowest BCUT2D eigenvalue weighted by Crippen LogP contribution is -2.05. The van der Waals surface area contributed by atoms with Crippen LogP contribution in [0.15, 0.2) is 12.1 Å². The lowest BCUT2D eigenvalue weighted by molar-refractivity contribution is -0.0524. The molecule has 0 spiro atoms. The minimum atomic E-state index is -3.24. The van der Waals surface area contributed by atoms with E-state index in [9.17, 15) is 17.6 Å². The van der Waals surface area contributed by atoms with Gasteiger partial charge in [-0.3, -0.25) is 0 Å². The maximum absolute atomic E-state index is 13.2. The molecule has 0 aliphatic heterocycles. The predicted molar refractivity (Wildman–Crippen MR) is 42.3 cm³/mol. The Labute approximate surface area is 82.7 Å². The van der Waals surface area contributed by atoms with Gasteiger partial charge in [-0.05, 0) is 6.07 Å². The molecule has 0 aliphatic rings. The number of rotatable bonds is 3. The summed E-state index contributed by atoms with van der Waals surface area (Å²) in [5.41, 5.74) is -0.312. The molecule has 0 atom stereocenters. The summed E-state index contributed by atoms with van der Waals surface area (Å²) in [4.78, 5) is 0. The van der Waals surface area contributed by atoms with Crippen LogP contribution in [0.1, 0.15) is 5.56 Å². The fourth-order valence-electron chi connectivity index (χ4n) is 1.01. The van der Waals surface area contributed by atoms with Crippen LogP contribution < -0.4 is 4.74 Å². The molecule has 1 aromatic rings. The first kappa shape index (κ1) is 11.3. The van der Waals surface area contributed by atoms with E-state index >= 15 is 0 Å². The molecule has 0 aromatic heterocycles. The smallest absolute Gasteiger partial charge is 0.387 e. The average Bonchev–Trinajstić information content (AvgIpc) is 2.12. The van der Waals surface area contributed by atoms with Crippen molar-refractivity contribution in [2.24, 2.45) is 0 Å². The van der Waals surface area contributed by atoms with E-state index in [1.165, 1.54) is 0 Å². The summed E-state index contributed by atoms with van der Waals surface area (Å²) in [5.74, 6) is -2.97. The Morgan fingerprint density at radius 2 is 2.00 bits per heavy atom. The van der Waals surface area contributed by atoms with Gasteiger partial charge in [0.1, 0.15) is 5.82 Å². The largest absolute Gasteiger partial charge is 0.432 e. The molecule has 1 rings (SSSR count). The Hall–Kier alpha value is -1.77. The summed E-state index contributed by atoms with van der Waals surface area (Å²) < 4.78 is 53.3. The van der Waals surface area contributed by atoms with Crippen molar-refractivity contribution < 1.29 is 22.3 Å². The third-order valence-electron chi connectivity index (χ3n) is 1.56. The molecule has 0 fully saturated rings. The SMILES string of the molecule is N#CCc1cc(F)cc(OC(F)F)c1F. The van der Waals surface area contributed by atoms with Crippen molar-refractivity contribution in [3.8, 4) is 11.8 Å². The van der Waals surface area contributed by atoms with Crippen LogP contribution in [-0.2, 0) is 6.42 Å². The maximum Gasteiger partial charge on any atom is 0.387 e. The van der Waals surface area contributed by atoms with Crippen LogP contribution in [0.3, 0.4) is 0 Å². The van der Waals surface area contributed by atoms with Crippen molar-refractivity contribution in [1.29, 1.82) is 5.26 Å². The fraction of sp³-hybridized carbons (Fsp3) is 0.222. The van der Waals surface area contributed by atoms with Gasteiger partial charge in [0.25, 0.3) is 0 Å². The molecule has 0 saturated heterocycles. The average molecular weight is 219 g/mol. The van der Waals surface area contributed by atoms with Gasteiger partial charge in [0.15, 0.2) is 11.6 Å². The Bertz CT molecular complexity index is 400. The lowest BCUT2D eigenvalue weighted by Gasteiger charge is -2.07. The topological polar surface area (TPSA) is 33.0 Å². The second-order valence-corrected chi connectivity index (χ2v) is 2.59. The summed E-state index contributed by atoms with van der Waals surface area (Å²) in [6, 6.07) is 2.85. The second kappa shape index (κ2) is 4.64. The molecule has 2 nitrogen and oxygen atoms in total. The van der Waals surface area contributed by atoms with Gasteiger partial charge in [-0.25, -0.2) is 8.78 Å². The van der Waals surface area contributed by atoms with Crippen molar-refractivity contribution in [1.82, 2.24) is 0 Å². The van der Waals surface area contributed by atoms with E-state index in [0.29, 0.717) is 6.07 Å². The molecule has 0 saturated carbocycles. The van der Waals surface area contributed by atoms with E-state index in [1.807, 2.05) is 0 Å². The number of halogens is 4. The number of ether oxygens (including phenoxy) is 1. The minimum Gasteiger partial charge on any atom is -0.432 e. The van der Waals surface area contributed by atoms with Gasteiger partial charge in [-0.1, -0.05) is 0 Å². The third-order valence-corrected chi connectivity index (χ3v) is 1.56. The van der Waals surface area contributed by atoms with Crippen LogP contribution in [0.25, 0.3) is 0 Å². The number of nitrogens with zero attached hydrogens (tertiary/aromatic N) is 1. The highest BCUT2D eigenvalue weighted by Crippen LogP contribution is 2.24. The van der Waals surface area contributed by atoms with Gasteiger partial charge in [0.2, 0.25) is 0 Å². The summed E-state index contributed by atoms with van der Waals surface area (Å²) in [6.07, 6.45) is -0.414. The van der Waals surface area contributed by atoms with Crippen LogP contribution in [0.5, 0.6) is 5.75 Å². The molecule has 80 valence electrons. The maximum atomic E-state index is 13.2. The first-order valence-corrected chi connectivity index (χ1v) is 3.84. The molecule has 0 aliphatic carbocycles. The van der Waals surface area contributed by atoms with E-state index in [4.69, 9.17) is 5.26 Å². The zero-order valence-electron chi connectivity index (χ0n) is 7.31. The van der Waals surface area contributed by atoms with Crippen LogP contribution in [0.2, 0.25) is 0 Å². The van der Waals surface area contributed by atoms with E-state index < -0.39 is 30.4 Å². The quantitative estimate of drug-likeness (QED) is 0.732. The Kier molecular flexibility index (Phi) is 3.50. The highest BCUT2D eigenvalue weighted by molar-refractivity contribution is 5.33. The van der Waals surface area contributed by atoms with Gasteiger partial charge in [0, 0.05) is 11.6 Å². The van der Waals surface area contributed by atoms with E-state index in [1.54, 1.807) is 6.07 Å². The predicted octanol–water partition coefficient (Wildman–Crippen LogP) is 2.63. The molecule has 0 amide bonds. The van der Waals surface area contributed by atoms with E-state index in [-0.39, 0.29) is 5.56 Å². The van der Waals surface area contributed by atoms with Gasteiger partial charge >= 0.3 is 6.61 Å². The van der Waals surface area contributed by atoms with Gasteiger partial charge < -0.3 is 4.74 Å². The number of alkyl halides is 2. The lowest BCUT2D eigenvalue weighted by atomic mass is 10.1. The molecular weight excluding hydrogens is 214 g/mol. The van der Waals surface area contributed by atoms with Crippen molar-refractivity contribution in [3.05, 3.63) is 29.3 Å². The third kappa shape index (κ3) is 2.84. The number of benzene rings is 1. The molecular formula is C9H5F4NO. The van der Waals surface area contributed by atoms with Crippen LogP contribution in [0, 0.1) is 23.0 Å². The second-order valence-electron chi connectivity index (χ2n) is 2.59. The fourth-order valence-corrected chi connectivity index (χ4v) is 1.01. The monoisotopic (exact) mass is 219 g/mol. The van der Waals surface area contributed by atoms with Crippen molar-refractivity contribution in [2.75, 3.05) is 0 Å². The highest BCUT2D eigenvalue weighted by Gasteiger charge is 2.15. The normalized spacial score (nSPS) is 10.1. The number of hydrogen-bond acceptors (Lipinski definition) is 2. The summed E-state index contributed by atoms with van der Waals surface area (Å²) in [7, 11) is 0. The molecule has 0 heterocycles. The van der Waals surface area contributed by atoms with Gasteiger partial charge in [-0.2, -0.15) is 14.0 Å². The highest BCUT2D eigenvalue weighted by atomic mass is 19.3. The summed E-state index contributed by atoms with van der Waals surface area (Å²) >= 11 is 0. The van der Waals surface area contributed by atoms with Gasteiger partial charge in [0.05, 0.1) is 12.5 Å². The van der Waals surface area contributed by atoms with Crippen molar-refractivity contribution in [3.63, 3.8) is 0 Å². The molecule has 6 heteroatoms. The van der Waals surface area contributed by atoms with Gasteiger partial charge in [-0.15, -0.1) is 0 Å². The molecule has 0 N–H and O–H groups in total. The zero-order chi connectivity index (χ0) is 11.4. The van der Waals surface area contributed by atoms with E-state index in [0.717, 1.165) is 6.07 Å². The standard InChI is InChI=1S/C9H5F4NO/c10-6-3-5(1-2-14)8(11)7(4-6)15-9(12)13/h3-4,9H,1H2. The summed E-state index contributed by atoms with van der Waals surface area (Å²) in [6.45, 7) is -3.24. The van der Waals surface area contributed by atoms with Crippen LogP contribution >= 0.6 is 0 Å². The van der Waals surface area contributed by atoms with Crippen LogP contribution in [0.4, 0.5) is 17.6 Å².